The van der Waals surface area contributed by atoms with Gasteiger partial charge in [-0.25, -0.2) is 0 Å². The van der Waals surface area contributed by atoms with Crippen LogP contribution in [0.15, 0.2) is 24.3 Å². The predicted molar refractivity (Wildman–Crippen MR) is 93.1 cm³/mol. The number of aromatic hydroxyl groups is 1. The molecule has 0 fully saturated rings. The number of hydrogen-bond acceptors (Lipinski definition) is 4. The van der Waals surface area contributed by atoms with Crippen molar-refractivity contribution in [1.29, 1.82) is 0 Å². The Morgan fingerprint density at radius 1 is 1.08 bits per heavy atom. The van der Waals surface area contributed by atoms with E-state index >= 15 is 0 Å². The largest absolute Gasteiger partial charge is 0.508 e. The maximum Gasteiger partial charge on any atom is 0.303 e. The molecule has 0 bridgehead atoms. The number of amides is 2. The van der Waals surface area contributed by atoms with Crippen LogP contribution in [0.2, 0.25) is 0 Å². The summed E-state index contributed by atoms with van der Waals surface area (Å²) in [5.74, 6) is -1.72. The van der Waals surface area contributed by atoms with Crippen LogP contribution in [0.5, 0.6) is 5.75 Å². The van der Waals surface area contributed by atoms with Crippen LogP contribution >= 0.6 is 0 Å². The Bertz CT molecular complexity index is 571. The first-order valence-corrected chi connectivity index (χ1v) is 8.49. The van der Waals surface area contributed by atoms with E-state index in [2.05, 4.69) is 17.6 Å². The molecule has 25 heavy (non-hydrogen) atoms. The van der Waals surface area contributed by atoms with Crippen molar-refractivity contribution in [2.24, 2.45) is 0 Å². The predicted octanol–water partition coefficient (Wildman–Crippen LogP) is 1.59. The molecule has 0 aliphatic rings. The summed E-state index contributed by atoms with van der Waals surface area (Å²) in [6.45, 7) is 2.60. The summed E-state index contributed by atoms with van der Waals surface area (Å²) in [7, 11) is 0. The Balaban J connectivity index is 2.67. The number of benzene rings is 1. The molecule has 7 nitrogen and oxygen atoms in total. The van der Waals surface area contributed by atoms with E-state index in [4.69, 9.17) is 5.11 Å². The Morgan fingerprint density at radius 2 is 1.76 bits per heavy atom. The molecule has 1 rings (SSSR count). The molecule has 0 saturated heterocycles. The molecule has 0 saturated carbocycles. The van der Waals surface area contributed by atoms with Gasteiger partial charge in [0.05, 0.1) is 6.42 Å². The highest BCUT2D eigenvalue weighted by Crippen LogP contribution is 2.11. The topological polar surface area (TPSA) is 116 Å². The number of carbonyl (C=O) groups is 3. The van der Waals surface area contributed by atoms with Crippen LogP contribution in [-0.4, -0.2) is 40.6 Å². The van der Waals surface area contributed by atoms with Gasteiger partial charge in [-0.05, 0) is 24.1 Å². The van der Waals surface area contributed by atoms with Crippen LogP contribution < -0.4 is 10.6 Å². The second-order valence-electron chi connectivity index (χ2n) is 5.88. The zero-order valence-electron chi connectivity index (χ0n) is 14.5. The molecule has 0 heterocycles. The molecule has 0 radical (unpaired) electrons. The molecule has 1 unspecified atom stereocenters. The maximum atomic E-state index is 12.4. The molecular formula is C18H26N2O5. The number of unbranched alkanes of at least 4 members (excludes halogenated alkanes) is 2. The Hall–Kier alpha value is -2.57. The van der Waals surface area contributed by atoms with Crippen molar-refractivity contribution < 1.29 is 24.6 Å². The molecule has 7 heteroatoms. The second kappa shape index (κ2) is 11.1. The van der Waals surface area contributed by atoms with Gasteiger partial charge in [-0.1, -0.05) is 31.9 Å². The van der Waals surface area contributed by atoms with Crippen LogP contribution in [0, 0.1) is 0 Å². The number of nitrogens with one attached hydrogen (secondary N) is 2. The first-order valence-electron chi connectivity index (χ1n) is 8.49. The van der Waals surface area contributed by atoms with Gasteiger partial charge < -0.3 is 20.8 Å². The average Bonchev–Trinajstić information content (AvgIpc) is 2.58. The van der Waals surface area contributed by atoms with Crippen molar-refractivity contribution in [1.82, 2.24) is 10.6 Å². The lowest BCUT2D eigenvalue weighted by molar-refractivity contribution is -0.139. The quantitative estimate of drug-likeness (QED) is 0.452. The summed E-state index contributed by atoms with van der Waals surface area (Å²) in [6.07, 6.45) is 2.72. The summed E-state index contributed by atoms with van der Waals surface area (Å²) in [5.41, 5.74) is 0.782. The number of carboxylic acids is 1. The normalized spacial score (nSPS) is 11.6. The molecule has 138 valence electrons. The molecule has 0 spiro atoms. The van der Waals surface area contributed by atoms with Crippen LogP contribution in [0.4, 0.5) is 0 Å². The van der Waals surface area contributed by atoms with Gasteiger partial charge in [0.25, 0.3) is 0 Å². The van der Waals surface area contributed by atoms with Crippen LogP contribution in [0.3, 0.4) is 0 Å². The molecular weight excluding hydrogens is 324 g/mol. The molecule has 4 N–H and O–H groups in total. The van der Waals surface area contributed by atoms with Gasteiger partial charge in [0.1, 0.15) is 11.8 Å². The number of aliphatic carboxylic acids is 1. The van der Waals surface area contributed by atoms with Gasteiger partial charge in [0.2, 0.25) is 11.8 Å². The van der Waals surface area contributed by atoms with Gasteiger partial charge in [-0.15, -0.1) is 0 Å². The fourth-order valence-corrected chi connectivity index (χ4v) is 2.27. The highest BCUT2D eigenvalue weighted by molar-refractivity contribution is 5.88. The molecule has 0 aliphatic heterocycles. The highest BCUT2D eigenvalue weighted by Gasteiger charge is 2.21. The zero-order chi connectivity index (χ0) is 18.7. The third-order valence-electron chi connectivity index (χ3n) is 3.67. The third-order valence-corrected chi connectivity index (χ3v) is 3.67. The van der Waals surface area contributed by atoms with Gasteiger partial charge in [0, 0.05) is 19.4 Å². The molecule has 2 amide bonds. The summed E-state index contributed by atoms with van der Waals surface area (Å²) in [6, 6.07) is 5.59. The Kier molecular flexibility index (Phi) is 9.06. The lowest BCUT2D eigenvalue weighted by atomic mass is 10.0. The standard InChI is InChI=1S/C18H26N2O5/c1-2-3-4-11-19-18(25)15(20-16(22)9-10-17(23)24)12-13-5-7-14(21)8-6-13/h5-8,15,21H,2-4,9-12H2,1H3,(H,19,25)(H,20,22)(H,23,24). The fourth-order valence-electron chi connectivity index (χ4n) is 2.27. The Labute approximate surface area is 147 Å². The smallest absolute Gasteiger partial charge is 0.303 e. The van der Waals surface area contributed by atoms with E-state index in [-0.39, 0.29) is 30.9 Å². The van der Waals surface area contributed by atoms with Gasteiger partial charge in [-0.3, -0.25) is 14.4 Å². The van der Waals surface area contributed by atoms with Gasteiger partial charge in [-0.2, -0.15) is 0 Å². The van der Waals surface area contributed by atoms with Gasteiger partial charge in [0.15, 0.2) is 0 Å². The SMILES string of the molecule is CCCCCNC(=O)C(Cc1ccc(O)cc1)NC(=O)CCC(=O)O. The maximum absolute atomic E-state index is 12.4. The summed E-state index contributed by atoms with van der Waals surface area (Å²) in [5, 5.41) is 23.4. The van der Waals surface area contributed by atoms with E-state index < -0.39 is 17.9 Å². The lowest BCUT2D eigenvalue weighted by Crippen LogP contribution is -2.48. The monoisotopic (exact) mass is 350 g/mol. The molecule has 0 aromatic heterocycles. The number of phenolic OH excluding ortho intramolecular Hbond substituents is 1. The van der Waals surface area contributed by atoms with E-state index in [0.29, 0.717) is 6.54 Å². The van der Waals surface area contributed by atoms with E-state index in [0.717, 1.165) is 24.8 Å². The summed E-state index contributed by atoms with van der Waals surface area (Å²) < 4.78 is 0. The lowest BCUT2D eigenvalue weighted by Gasteiger charge is -2.18. The highest BCUT2D eigenvalue weighted by atomic mass is 16.4. The van der Waals surface area contributed by atoms with Crippen LogP contribution in [-0.2, 0) is 20.8 Å². The number of hydrogen-bond donors (Lipinski definition) is 4. The molecule has 1 atom stereocenters. The van der Waals surface area contributed by atoms with Crippen molar-refractivity contribution in [3.8, 4) is 5.75 Å². The fraction of sp³-hybridized carbons (Fsp3) is 0.500. The number of phenols is 1. The minimum Gasteiger partial charge on any atom is -0.508 e. The van der Waals surface area contributed by atoms with E-state index in [1.54, 1.807) is 12.1 Å². The van der Waals surface area contributed by atoms with Crippen molar-refractivity contribution in [3.05, 3.63) is 29.8 Å². The first-order chi connectivity index (χ1) is 11.9. The third kappa shape index (κ3) is 8.74. The van der Waals surface area contributed by atoms with Crippen molar-refractivity contribution in [2.45, 2.75) is 51.5 Å². The average molecular weight is 350 g/mol. The Morgan fingerprint density at radius 3 is 2.36 bits per heavy atom. The van der Waals surface area contributed by atoms with E-state index in [9.17, 15) is 19.5 Å². The van der Waals surface area contributed by atoms with E-state index in [1.165, 1.54) is 12.1 Å². The summed E-state index contributed by atoms with van der Waals surface area (Å²) >= 11 is 0. The first kappa shape index (κ1) is 20.5. The number of carboxylic acid groups (broad SMARTS) is 1. The van der Waals surface area contributed by atoms with Crippen molar-refractivity contribution in [2.75, 3.05) is 6.54 Å². The molecule has 1 aromatic carbocycles. The molecule has 0 aliphatic carbocycles. The molecule has 1 aromatic rings. The second-order valence-corrected chi connectivity index (χ2v) is 5.88. The van der Waals surface area contributed by atoms with Crippen molar-refractivity contribution >= 4 is 17.8 Å². The summed E-state index contributed by atoms with van der Waals surface area (Å²) in [4.78, 5) is 34.8. The van der Waals surface area contributed by atoms with Crippen LogP contribution in [0.1, 0.15) is 44.6 Å². The van der Waals surface area contributed by atoms with Crippen LogP contribution in [0.25, 0.3) is 0 Å². The minimum atomic E-state index is -1.06. The van der Waals surface area contributed by atoms with Crippen molar-refractivity contribution in [3.63, 3.8) is 0 Å². The number of carbonyl (C=O) groups excluding carboxylic acids is 2. The number of rotatable bonds is 11. The van der Waals surface area contributed by atoms with E-state index in [1.807, 2.05) is 0 Å². The minimum absolute atomic E-state index is 0.120. The van der Waals surface area contributed by atoms with Gasteiger partial charge >= 0.3 is 5.97 Å². The zero-order valence-corrected chi connectivity index (χ0v) is 14.5.